The number of amides is 1. The largest absolute Gasteiger partial charge is 0.494 e. The van der Waals surface area contributed by atoms with Crippen LogP contribution in [0.1, 0.15) is 39.7 Å². The molecule has 0 bridgehead atoms. The van der Waals surface area contributed by atoms with Crippen LogP contribution in [0.4, 0.5) is 0 Å². The van der Waals surface area contributed by atoms with E-state index in [9.17, 15) is 9.90 Å². The number of hydrogen-bond acceptors (Lipinski definition) is 3. The fourth-order valence-electron chi connectivity index (χ4n) is 1.90. The Kier molecular flexibility index (Phi) is 6.69. The monoisotopic (exact) mass is 293 g/mol. The lowest BCUT2D eigenvalue weighted by Crippen LogP contribution is -2.33. The molecule has 4 heteroatoms. The molecule has 0 fully saturated rings. The number of benzene rings is 1. The van der Waals surface area contributed by atoms with Crippen molar-refractivity contribution < 1.29 is 14.6 Å². The molecule has 0 aromatic heterocycles. The second kappa shape index (κ2) is 8.03. The molecule has 1 rings (SSSR count). The minimum absolute atomic E-state index is 0.0275. The van der Waals surface area contributed by atoms with Crippen molar-refractivity contribution in [2.75, 3.05) is 13.2 Å². The number of hydrogen-bond donors (Lipinski definition) is 2. The summed E-state index contributed by atoms with van der Waals surface area (Å²) in [5, 5.41) is 12.7. The first-order valence-corrected chi connectivity index (χ1v) is 7.49. The lowest BCUT2D eigenvalue weighted by Gasteiger charge is -2.25. The molecule has 1 amide bonds. The second-order valence-corrected chi connectivity index (χ2v) is 6.27. The number of rotatable bonds is 7. The minimum atomic E-state index is -0.414. The smallest absolute Gasteiger partial charge is 0.224 e. The molecule has 0 saturated carbocycles. The molecule has 4 nitrogen and oxygen atoms in total. The summed E-state index contributed by atoms with van der Waals surface area (Å²) < 4.78 is 5.36. The molecular weight excluding hydrogens is 266 g/mol. The van der Waals surface area contributed by atoms with Crippen LogP contribution in [-0.2, 0) is 11.2 Å². The van der Waals surface area contributed by atoms with E-state index in [1.807, 2.05) is 52.0 Å². The van der Waals surface area contributed by atoms with Gasteiger partial charge in [-0.2, -0.15) is 0 Å². The first-order chi connectivity index (χ1) is 9.82. The lowest BCUT2D eigenvalue weighted by atomic mass is 9.87. The summed E-state index contributed by atoms with van der Waals surface area (Å²) in [4.78, 5) is 11.8. The van der Waals surface area contributed by atoms with E-state index < -0.39 is 6.10 Å². The highest BCUT2D eigenvalue weighted by Gasteiger charge is 2.21. The third kappa shape index (κ3) is 6.63. The van der Waals surface area contributed by atoms with Crippen LogP contribution in [0, 0.1) is 5.41 Å². The maximum Gasteiger partial charge on any atom is 0.224 e. The van der Waals surface area contributed by atoms with Crippen molar-refractivity contribution in [2.45, 2.75) is 46.6 Å². The molecule has 0 heterocycles. The zero-order valence-electron chi connectivity index (χ0n) is 13.5. The first kappa shape index (κ1) is 17.5. The molecule has 0 aliphatic heterocycles. The van der Waals surface area contributed by atoms with Gasteiger partial charge in [0.05, 0.1) is 19.1 Å². The van der Waals surface area contributed by atoms with Crippen LogP contribution in [0.3, 0.4) is 0 Å². The van der Waals surface area contributed by atoms with Crippen molar-refractivity contribution >= 4 is 5.91 Å². The summed E-state index contributed by atoms with van der Waals surface area (Å²) in [5.41, 5.74) is 0.798. The standard InChI is InChI=1S/C17H27NO3/c1-5-21-14-8-6-13(7-9-14)12-16(20)18-11-10-15(19)17(2,3)4/h6-9,15,19H,5,10-12H2,1-4H3,(H,18,20)/t15-/m1/s1. The van der Waals surface area contributed by atoms with Gasteiger partial charge in [-0.1, -0.05) is 32.9 Å². The quantitative estimate of drug-likeness (QED) is 0.812. The Morgan fingerprint density at radius 1 is 1.29 bits per heavy atom. The van der Waals surface area contributed by atoms with E-state index in [1.54, 1.807) is 0 Å². The Bertz CT molecular complexity index is 434. The van der Waals surface area contributed by atoms with Gasteiger partial charge in [-0.15, -0.1) is 0 Å². The second-order valence-electron chi connectivity index (χ2n) is 6.27. The average molecular weight is 293 g/mol. The topological polar surface area (TPSA) is 58.6 Å². The molecule has 0 aliphatic carbocycles. The van der Waals surface area contributed by atoms with Crippen molar-refractivity contribution in [1.29, 1.82) is 0 Å². The molecule has 1 aromatic carbocycles. The number of carbonyl (C=O) groups excluding carboxylic acids is 1. The van der Waals surface area contributed by atoms with Gasteiger partial charge in [0.15, 0.2) is 0 Å². The van der Waals surface area contributed by atoms with Crippen molar-refractivity contribution in [3.05, 3.63) is 29.8 Å². The van der Waals surface area contributed by atoms with E-state index >= 15 is 0 Å². The molecule has 0 aliphatic rings. The molecule has 0 unspecified atom stereocenters. The summed E-state index contributed by atoms with van der Waals surface area (Å²) in [6.45, 7) is 9.02. The summed E-state index contributed by atoms with van der Waals surface area (Å²) in [5.74, 6) is 0.787. The van der Waals surface area contributed by atoms with Crippen LogP contribution in [0.15, 0.2) is 24.3 Å². The number of nitrogens with one attached hydrogen (secondary N) is 1. The third-order valence-corrected chi connectivity index (χ3v) is 3.34. The first-order valence-electron chi connectivity index (χ1n) is 7.49. The van der Waals surface area contributed by atoms with Crippen LogP contribution in [0.2, 0.25) is 0 Å². The Labute approximate surface area is 127 Å². The fourth-order valence-corrected chi connectivity index (χ4v) is 1.90. The van der Waals surface area contributed by atoms with Crippen LogP contribution in [0.5, 0.6) is 5.75 Å². The predicted octanol–water partition coefficient (Wildman–Crippen LogP) is 2.54. The molecule has 118 valence electrons. The summed E-state index contributed by atoms with van der Waals surface area (Å²) in [7, 11) is 0. The van der Waals surface area contributed by atoms with Crippen molar-refractivity contribution in [2.24, 2.45) is 5.41 Å². The molecule has 1 aromatic rings. The highest BCUT2D eigenvalue weighted by molar-refractivity contribution is 5.78. The van der Waals surface area contributed by atoms with Crippen LogP contribution < -0.4 is 10.1 Å². The van der Waals surface area contributed by atoms with Gasteiger partial charge in [0.1, 0.15) is 5.75 Å². The van der Waals surface area contributed by atoms with Crippen LogP contribution >= 0.6 is 0 Å². The summed E-state index contributed by atoms with van der Waals surface area (Å²) in [6, 6.07) is 7.54. The van der Waals surface area contributed by atoms with Gasteiger partial charge >= 0.3 is 0 Å². The number of ether oxygens (including phenoxy) is 1. The maximum atomic E-state index is 11.8. The SMILES string of the molecule is CCOc1ccc(CC(=O)NCC[C@@H](O)C(C)(C)C)cc1. The molecule has 1 atom stereocenters. The fraction of sp³-hybridized carbons (Fsp3) is 0.588. The van der Waals surface area contributed by atoms with Gasteiger partial charge in [-0.25, -0.2) is 0 Å². The molecule has 21 heavy (non-hydrogen) atoms. The van der Waals surface area contributed by atoms with E-state index in [1.165, 1.54) is 0 Å². The number of carbonyl (C=O) groups is 1. The number of aliphatic hydroxyl groups excluding tert-OH is 1. The van der Waals surface area contributed by atoms with Crippen LogP contribution in [-0.4, -0.2) is 30.3 Å². The van der Waals surface area contributed by atoms with Gasteiger partial charge in [-0.05, 0) is 36.5 Å². The normalized spacial score (nSPS) is 12.8. The predicted molar refractivity (Wildman–Crippen MR) is 84.4 cm³/mol. The van der Waals surface area contributed by atoms with Gasteiger partial charge < -0.3 is 15.2 Å². The Morgan fingerprint density at radius 2 is 1.90 bits per heavy atom. The molecular formula is C17H27NO3. The minimum Gasteiger partial charge on any atom is -0.494 e. The van der Waals surface area contributed by atoms with E-state index in [0.717, 1.165) is 11.3 Å². The molecule has 0 saturated heterocycles. The van der Waals surface area contributed by atoms with Crippen molar-refractivity contribution in [1.82, 2.24) is 5.32 Å². The van der Waals surface area contributed by atoms with E-state index in [4.69, 9.17) is 4.74 Å². The Hall–Kier alpha value is -1.55. The summed E-state index contributed by atoms with van der Waals surface area (Å²) in [6.07, 6.45) is 0.500. The zero-order valence-corrected chi connectivity index (χ0v) is 13.5. The lowest BCUT2D eigenvalue weighted by molar-refractivity contribution is -0.120. The van der Waals surface area contributed by atoms with E-state index in [2.05, 4.69) is 5.32 Å². The highest BCUT2D eigenvalue weighted by atomic mass is 16.5. The molecule has 2 N–H and O–H groups in total. The van der Waals surface area contributed by atoms with Crippen molar-refractivity contribution in [3.8, 4) is 5.75 Å². The highest BCUT2D eigenvalue weighted by Crippen LogP contribution is 2.20. The van der Waals surface area contributed by atoms with Gasteiger partial charge in [0.25, 0.3) is 0 Å². The average Bonchev–Trinajstić information content (AvgIpc) is 2.40. The third-order valence-electron chi connectivity index (χ3n) is 3.34. The Balaban J connectivity index is 2.33. The number of aliphatic hydroxyl groups is 1. The van der Waals surface area contributed by atoms with E-state index in [0.29, 0.717) is 26.0 Å². The summed E-state index contributed by atoms with van der Waals surface area (Å²) >= 11 is 0. The Morgan fingerprint density at radius 3 is 2.43 bits per heavy atom. The van der Waals surface area contributed by atoms with Crippen molar-refractivity contribution in [3.63, 3.8) is 0 Å². The van der Waals surface area contributed by atoms with Gasteiger partial charge in [0.2, 0.25) is 5.91 Å². The van der Waals surface area contributed by atoms with E-state index in [-0.39, 0.29) is 11.3 Å². The molecule has 0 radical (unpaired) electrons. The zero-order chi connectivity index (χ0) is 15.9. The van der Waals surface area contributed by atoms with Gasteiger partial charge in [-0.3, -0.25) is 4.79 Å². The maximum absolute atomic E-state index is 11.8. The van der Waals surface area contributed by atoms with Gasteiger partial charge in [0, 0.05) is 6.54 Å². The van der Waals surface area contributed by atoms with Crippen LogP contribution in [0.25, 0.3) is 0 Å². The molecule has 0 spiro atoms.